The summed E-state index contributed by atoms with van der Waals surface area (Å²) in [6.45, 7) is 0. The van der Waals surface area contributed by atoms with E-state index >= 15 is 0 Å². The molecule has 0 bridgehead atoms. The number of nitrogens with one attached hydrogen (secondary N) is 4. The van der Waals surface area contributed by atoms with Crippen molar-refractivity contribution in [1.82, 2.24) is 30.2 Å². The van der Waals surface area contributed by atoms with E-state index in [-0.39, 0.29) is 5.70 Å². The highest BCUT2D eigenvalue weighted by Gasteiger charge is 2.25. The second-order valence-corrected chi connectivity index (χ2v) is 7.17. The molecule has 11 heteroatoms. The number of carbonyl (C=O) groups is 2. The van der Waals surface area contributed by atoms with Crippen LogP contribution in [0, 0.1) is 0 Å². The molecule has 1 saturated carbocycles. The van der Waals surface area contributed by atoms with Crippen LogP contribution >= 0.6 is 11.6 Å². The molecule has 0 aromatic carbocycles. The lowest BCUT2D eigenvalue weighted by atomic mass is 10.2. The number of urea groups is 1. The maximum absolute atomic E-state index is 11.8. The second-order valence-electron chi connectivity index (χ2n) is 6.73. The standard InChI is InChI=1S/C18H15ClN8O2/c19-10-1-4-13(20-8-10)24-14-6-15(22-11-2-3-11)27-16(25-14)9(7-21-27)5-12-17(28)26-18(29)23-12/h1,4-8,11,22H,2-3H2,(H,20,24,25)(H2,23,26,28,29)/b12-5-. The van der Waals surface area contributed by atoms with Crippen LogP contribution in [0.4, 0.5) is 22.2 Å². The first-order valence-corrected chi connectivity index (χ1v) is 9.31. The third-order valence-corrected chi connectivity index (χ3v) is 4.66. The Balaban J connectivity index is 1.56. The molecular weight excluding hydrogens is 396 g/mol. The van der Waals surface area contributed by atoms with E-state index in [0.717, 1.165) is 18.7 Å². The molecule has 0 radical (unpaired) electrons. The molecule has 4 N–H and O–H groups in total. The van der Waals surface area contributed by atoms with Gasteiger partial charge >= 0.3 is 6.03 Å². The summed E-state index contributed by atoms with van der Waals surface area (Å²) in [5.41, 5.74) is 1.25. The van der Waals surface area contributed by atoms with E-state index in [0.29, 0.717) is 33.9 Å². The van der Waals surface area contributed by atoms with Gasteiger partial charge in [-0.2, -0.15) is 9.61 Å². The van der Waals surface area contributed by atoms with Crippen LogP contribution in [0.2, 0.25) is 5.02 Å². The number of nitrogens with zero attached hydrogens (tertiary/aromatic N) is 4. The largest absolute Gasteiger partial charge is 0.367 e. The maximum Gasteiger partial charge on any atom is 0.326 e. The predicted molar refractivity (Wildman–Crippen MR) is 107 cm³/mol. The van der Waals surface area contributed by atoms with Crippen LogP contribution in [0.5, 0.6) is 0 Å². The minimum Gasteiger partial charge on any atom is -0.367 e. The van der Waals surface area contributed by atoms with Gasteiger partial charge < -0.3 is 16.0 Å². The highest BCUT2D eigenvalue weighted by molar-refractivity contribution is 6.30. The van der Waals surface area contributed by atoms with Crippen molar-refractivity contribution in [2.45, 2.75) is 18.9 Å². The number of anilines is 3. The van der Waals surface area contributed by atoms with E-state index in [1.807, 2.05) is 6.07 Å². The van der Waals surface area contributed by atoms with Gasteiger partial charge in [-0.3, -0.25) is 10.1 Å². The SMILES string of the molecule is O=C1NC(=O)/C(=C/c2cnn3c(NC4CC4)cc(Nc4ccc(Cl)cn4)nc23)N1. The lowest BCUT2D eigenvalue weighted by Gasteiger charge is -2.11. The number of pyridine rings is 1. The summed E-state index contributed by atoms with van der Waals surface area (Å²) in [5.74, 6) is 1.41. The van der Waals surface area contributed by atoms with E-state index in [1.54, 1.807) is 35.1 Å². The van der Waals surface area contributed by atoms with Crippen molar-refractivity contribution >= 4 is 52.7 Å². The van der Waals surface area contributed by atoms with Crippen molar-refractivity contribution in [3.8, 4) is 0 Å². The topological polar surface area (TPSA) is 125 Å². The molecular formula is C18H15ClN8O2. The molecule has 0 atom stereocenters. The van der Waals surface area contributed by atoms with Crippen LogP contribution < -0.4 is 21.3 Å². The zero-order valence-corrected chi connectivity index (χ0v) is 15.7. The number of fused-ring (bicyclic) bond motifs is 1. The monoisotopic (exact) mass is 410 g/mol. The van der Waals surface area contributed by atoms with Crippen LogP contribution in [0.1, 0.15) is 18.4 Å². The normalized spacial score (nSPS) is 17.5. The summed E-state index contributed by atoms with van der Waals surface area (Å²) >= 11 is 5.89. The quantitative estimate of drug-likeness (QED) is 0.375. The Kier molecular flexibility index (Phi) is 4.06. The number of imide groups is 1. The molecule has 2 fully saturated rings. The molecule has 146 valence electrons. The van der Waals surface area contributed by atoms with E-state index < -0.39 is 11.9 Å². The molecule has 29 heavy (non-hydrogen) atoms. The molecule has 4 heterocycles. The molecule has 3 aromatic rings. The summed E-state index contributed by atoms with van der Waals surface area (Å²) in [4.78, 5) is 32.1. The van der Waals surface area contributed by atoms with Gasteiger partial charge in [-0.1, -0.05) is 11.6 Å². The van der Waals surface area contributed by atoms with Gasteiger partial charge in [0.05, 0.1) is 11.2 Å². The lowest BCUT2D eigenvalue weighted by Crippen LogP contribution is -2.22. The zero-order chi connectivity index (χ0) is 20.0. The number of halogens is 1. The second kappa shape index (κ2) is 6.74. The van der Waals surface area contributed by atoms with Gasteiger partial charge in [0.15, 0.2) is 5.65 Å². The Labute approximate surface area is 169 Å². The van der Waals surface area contributed by atoms with Crippen molar-refractivity contribution < 1.29 is 9.59 Å². The molecule has 0 spiro atoms. The highest BCUT2D eigenvalue weighted by atomic mass is 35.5. The Bertz CT molecular complexity index is 1170. The summed E-state index contributed by atoms with van der Waals surface area (Å²) in [6, 6.07) is 5.16. The molecule has 2 aliphatic rings. The minimum atomic E-state index is -0.557. The maximum atomic E-state index is 11.8. The molecule has 1 aliphatic heterocycles. The molecule has 1 aliphatic carbocycles. The van der Waals surface area contributed by atoms with E-state index in [4.69, 9.17) is 11.6 Å². The fraction of sp³-hybridized carbons (Fsp3) is 0.167. The van der Waals surface area contributed by atoms with Gasteiger partial charge in [0, 0.05) is 23.9 Å². The highest BCUT2D eigenvalue weighted by Crippen LogP contribution is 2.28. The van der Waals surface area contributed by atoms with Crippen LogP contribution in [-0.4, -0.2) is 37.6 Å². The molecule has 3 aromatic heterocycles. The van der Waals surface area contributed by atoms with Gasteiger partial charge in [0.1, 0.15) is 23.2 Å². The molecule has 1 saturated heterocycles. The summed E-state index contributed by atoms with van der Waals surface area (Å²) in [7, 11) is 0. The summed E-state index contributed by atoms with van der Waals surface area (Å²) < 4.78 is 1.67. The number of carbonyl (C=O) groups excluding carboxylic acids is 2. The first-order chi connectivity index (χ1) is 14.0. The molecule has 3 amide bonds. The van der Waals surface area contributed by atoms with Crippen molar-refractivity contribution in [2.75, 3.05) is 10.6 Å². The number of rotatable bonds is 5. The van der Waals surface area contributed by atoms with Gasteiger partial charge in [-0.05, 0) is 31.1 Å². The molecule has 10 nitrogen and oxygen atoms in total. The van der Waals surface area contributed by atoms with Crippen LogP contribution in [0.15, 0.2) is 36.3 Å². The predicted octanol–water partition coefficient (Wildman–Crippen LogP) is 2.28. The summed E-state index contributed by atoms with van der Waals surface area (Å²) in [6.07, 6.45) is 6.86. The Morgan fingerprint density at radius 3 is 2.72 bits per heavy atom. The van der Waals surface area contributed by atoms with Gasteiger partial charge in [0.25, 0.3) is 5.91 Å². The third-order valence-electron chi connectivity index (χ3n) is 4.43. The first kappa shape index (κ1) is 17.4. The minimum absolute atomic E-state index is 0.140. The fourth-order valence-electron chi connectivity index (χ4n) is 2.90. The number of amides is 3. The van der Waals surface area contributed by atoms with Crippen LogP contribution in [-0.2, 0) is 4.79 Å². The first-order valence-electron chi connectivity index (χ1n) is 8.93. The summed E-state index contributed by atoms with van der Waals surface area (Å²) in [5, 5.41) is 16.1. The number of aromatic nitrogens is 4. The Morgan fingerprint density at radius 2 is 2.03 bits per heavy atom. The third kappa shape index (κ3) is 3.57. The van der Waals surface area contributed by atoms with Crippen LogP contribution in [0.25, 0.3) is 11.7 Å². The van der Waals surface area contributed by atoms with Gasteiger partial charge in [0.2, 0.25) is 0 Å². The average Bonchev–Trinajstić information content (AvgIpc) is 3.33. The Hall–Kier alpha value is -3.66. The van der Waals surface area contributed by atoms with Crippen molar-refractivity contribution in [3.63, 3.8) is 0 Å². The Morgan fingerprint density at radius 1 is 1.17 bits per heavy atom. The molecule has 5 rings (SSSR count). The fourth-order valence-corrected chi connectivity index (χ4v) is 3.02. The molecule has 0 unspecified atom stereocenters. The van der Waals surface area contributed by atoms with E-state index in [9.17, 15) is 9.59 Å². The zero-order valence-electron chi connectivity index (χ0n) is 14.9. The number of hydrogen-bond donors (Lipinski definition) is 4. The van der Waals surface area contributed by atoms with Gasteiger partial charge in [-0.25, -0.2) is 14.8 Å². The van der Waals surface area contributed by atoms with E-state index in [1.165, 1.54) is 0 Å². The van der Waals surface area contributed by atoms with Gasteiger partial charge in [-0.15, -0.1) is 0 Å². The smallest absolute Gasteiger partial charge is 0.326 e. The van der Waals surface area contributed by atoms with Crippen molar-refractivity contribution in [3.05, 3.63) is 46.9 Å². The average molecular weight is 411 g/mol. The van der Waals surface area contributed by atoms with E-state index in [2.05, 4.69) is 36.3 Å². The van der Waals surface area contributed by atoms with Crippen molar-refractivity contribution in [2.24, 2.45) is 0 Å². The lowest BCUT2D eigenvalue weighted by molar-refractivity contribution is -0.115. The van der Waals surface area contributed by atoms with Crippen molar-refractivity contribution in [1.29, 1.82) is 0 Å². The van der Waals surface area contributed by atoms with Crippen LogP contribution in [0.3, 0.4) is 0 Å². The number of hydrogen-bond acceptors (Lipinski definition) is 7.